The smallest absolute Gasteiger partial charge is 0.280 e. The van der Waals surface area contributed by atoms with Crippen LogP contribution in [0.3, 0.4) is 0 Å². The van der Waals surface area contributed by atoms with Crippen LogP contribution in [-0.2, 0) is 0 Å². The third kappa shape index (κ3) is 1.90. The molecule has 0 saturated heterocycles. The van der Waals surface area contributed by atoms with Crippen LogP contribution in [0.5, 0.6) is 5.88 Å². The fourth-order valence-corrected chi connectivity index (χ4v) is 0.817. The lowest BCUT2D eigenvalue weighted by Crippen LogP contribution is -1.96. The van der Waals surface area contributed by atoms with E-state index in [0.29, 0.717) is 0 Å². The highest BCUT2D eigenvalue weighted by molar-refractivity contribution is 5.38. The van der Waals surface area contributed by atoms with Gasteiger partial charge in [-0.3, -0.25) is 0 Å². The molecule has 5 heteroatoms. The van der Waals surface area contributed by atoms with Crippen LogP contribution in [0, 0.1) is 11.3 Å². The molecule has 13 heavy (non-hydrogen) atoms. The van der Waals surface area contributed by atoms with Crippen LogP contribution in [0.1, 0.15) is 17.7 Å². The summed E-state index contributed by atoms with van der Waals surface area (Å²) in [6.45, 7) is 0. The van der Waals surface area contributed by atoms with E-state index < -0.39 is 12.1 Å². The first-order valence-electron chi connectivity index (χ1n) is 3.42. The molecule has 1 aromatic heterocycles. The predicted octanol–water partition coefficient (Wildman–Crippen LogP) is 1.90. The van der Waals surface area contributed by atoms with Crippen LogP contribution in [0.4, 0.5) is 8.78 Å². The Bertz CT molecular complexity index is 346. The lowest BCUT2D eigenvalue weighted by Gasteiger charge is -2.03. The van der Waals surface area contributed by atoms with Gasteiger partial charge in [0, 0.05) is 0 Å². The maximum absolute atomic E-state index is 12.1. The third-order valence-electron chi connectivity index (χ3n) is 1.42. The van der Waals surface area contributed by atoms with E-state index in [0.717, 1.165) is 6.07 Å². The molecule has 0 aliphatic rings. The molecule has 1 rings (SSSR count). The van der Waals surface area contributed by atoms with Gasteiger partial charge in [-0.2, -0.15) is 5.26 Å². The number of nitriles is 1. The van der Waals surface area contributed by atoms with Crippen molar-refractivity contribution in [3.8, 4) is 11.9 Å². The van der Waals surface area contributed by atoms with E-state index in [-0.39, 0.29) is 11.4 Å². The molecule has 1 heterocycles. The summed E-state index contributed by atoms with van der Waals surface area (Å²) in [5.74, 6) is -0.0692. The van der Waals surface area contributed by atoms with Gasteiger partial charge in [-0.05, 0) is 12.1 Å². The van der Waals surface area contributed by atoms with Crippen molar-refractivity contribution in [1.82, 2.24) is 4.98 Å². The molecule has 0 radical (unpaired) electrons. The molecule has 0 atom stereocenters. The minimum absolute atomic E-state index is 0.0692. The molecular formula is C8H6F2N2O. The van der Waals surface area contributed by atoms with Gasteiger partial charge in [0.15, 0.2) is 0 Å². The van der Waals surface area contributed by atoms with Crippen molar-refractivity contribution in [1.29, 1.82) is 5.26 Å². The molecule has 0 amide bonds. The topological polar surface area (TPSA) is 45.9 Å². The van der Waals surface area contributed by atoms with E-state index in [9.17, 15) is 8.78 Å². The van der Waals surface area contributed by atoms with E-state index in [4.69, 9.17) is 5.26 Å². The molecule has 0 aromatic carbocycles. The number of aromatic nitrogens is 1. The van der Waals surface area contributed by atoms with Crippen LogP contribution in [0.2, 0.25) is 0 Å². The highest BCUT2D eigenvalue weighted by Gasteiger charge is 2.12. The van der Waals surface area contributed by atoms with E-state index in [2.05, 4.69) is 9.72 Å². The summed E-state index contributed by atoms with van der Waals surface area (Å²) >= 11 is 0. The van der Waals surface area contributed by atoms with Crippen LogP contribution in [-0.4, -0.2) is 12.1 Å². The van der Waals surface area contributed by atoms with E-state index >= 15 is 0 Å². The second kappa shape index (κ2) is 3.81. The Morgan fingerprint density at radius 2 is 2.23 bits per heavy atom. The minimum atomic E-state index is -2.65. The SMILES string of the molecule is COc1nc(C(F)F)ccc1C#N. The molecule has 0 N–H and O–H groups in total. The first kappa shape index (κ1) is 9.39. The monoisotopic (exact) mass is 184 g/mol. The molecular weight excluding hydrogens is 178 g/mol. The van der Waals surface area contributed by atoms with Gasteiger partial charge < -0.3 is 4.74 Å². The van der Waals surface area contributed by atoms with Crippen molar-refractivity contribution in [2.24, 2.45) is 0 Å². The summed E-state index contributed by atoms with van der Waals surface area (Å²) in [6, 6.07) is 4.14. The third-order valence-corrected chi connectivity index (χ3v) is 1.42. The average Bonchev–Trinajstić information content (AvgIpc) is 2.16. The minimum Gasteiger partial charge on any atom is -0.480 e. The number of hydrogen-bond acceptors (Lipinski definition) is 3. The molecule has 0 aliphatic carbocycles. The summed E-state index contributed by atoms with van der Waals surface area (Å²) in [4.78, 5) is 3.47. The second-order valence-corrected chi connectivity index (χ2v) is 2.21. The fourth-order valence-electron chi connectivity index (χ4n) is 0.817. The number of alkyl halides is 2. The van der Waals surface area contributed by atoms with Crippen molar-refractivity contribution in [3.05, 3.63) is 23.4 Å². The first-order chi connectivity index (χ1) is 6.19. The highest BCUT2D eigenvalue weighted by atomic mass is 19.3. The van der Waals surface area contributed by atoms with Crippen molar-refractivity contribution in [2.75, 3.05) is 7.11 Å². The average molecular weight is 184 g/mol. The van der Waals surface area contributed by atoms with Gasteiger partial charge in [0.2, 0.25) is 5.88 Å². The normalized spacial score (nSPS) is 9.77. The van der Waals surface area contributed by atoms with Gasteiger partial charge in [-0.15, -0.1) is 0 Å². The number of nitrogens with zero attached hydrogens (tertiary/aromatic N) is 2. The Morgan fingerprint density at radius 3 is 2.69 bits per heavy atom. The van der Waals surface area contributed by atoms with Gasteiger partial charge in [-0.25, -0.2) is 13.8 Å². The summed E-state index contributed by atoms with van der Waals surface area (Å²) in [5, 5.41) is 8.52. The van der Waals surface area contributed by atoms with Gasteiger partial charge in [0.1, 0.15) is 17.3 Å². The van der Waals surface area contributed by atoms with E-state index in [1.54, 1.807) is 6.07 Å². The molecule has 0 aliphatic heterocycles. The van der Waals surface area contributed by atoms with Crippen LogP contribution >= 0.6 is 0 Å². The van der Waals surface area contributed by atoms with Crippen LogP contribution < -0.4 is 4.74 Å². The summed E-state index contributed by atoms with van der Waals surface area (Å²) in [5.41, 5.74) is -0.247. The number of methoxy groups -OCH3 is 1. The van der Waals surface area contributed by atoms with Gasteiger partial charge >= 0.3 is 0 Å². The zero-order valence-corrected chi connectivity index (χ0v) is 6.79. The number of hydrogen-bond donors (Lipinski definition) is 0. The molecule has 0 saturated carbocycles. The number of ether oxygens (including phenoxy) is 1. The molecule has 1 aromatic rings. The van der Waals surface area contributed by atoms with E-state index in [1.807, 2.05) is 0 Å². The molecule has 0 fully saturated rings. The number of pyridine rings is 1. The predicted molar refractivity (Wildman–Crippen MR) is 40.5 cm³/mol. The highest BCUT2D eigenvalue weighted by Crippen LogP contribution is 2.21. The Kier molecular flexibility index (Phi) is 2.75. The summed E-state index contributed by atoms with van der Waals surface area (Å²) < 4.78 is 28.9. The van der Waals surface area contributed by atoms with Crippen LogP contribution in [0.15, 0.2) is 12.1 Å². The van der Waals surface area contributed by atoms with Gasteiger partial charge in [0.05, 0.1) is 7.11 Å². The Hall–Kier alpha value is -1.70. The zero-order chi connectivity index (χ0) is 9.84. The molecule has 0 spiro atoms. The van der Waals surface area contributed by atoms with E-state index in [1.165, 1.54) is 13.2 Å². The lowest BCUT2D eigenvalue weighted by molar-refractivity contribution is 0.145. The number of halogens is 2. The molecule has 0 bridgehead atoms. The van der Waals surface area contributed by atoms with Crippen LogP contribution in [0.25, 0.3) is 0 Å². The Labute approximate surface area is 73.6 Å². The van der Waals surface area contributed by atoms with Crippen molar-refractivity contribution >= 4 is 0 Å². The second-order valence-electron chi connectivity index (χ2n) is 2.21. The quantitative estimate of drug-likeness (QED) is 0.705. The fraction of sp³-hybridized carbons (Fsp3) is 0.250. The first-order valence-corrected chi connectivity index (χ1v) is 3.42. The van der Waals surface area contributed by atoms with Crippen molar-refractivity contribution < 1.29 is 13.5 Å². The largest absolute Gasteiger partial charge is 0.480 e. The molecule has 68 valence electrons. The standard InChI is InChI=1S/C8H6F2N2O/c1-13-8-5(4-11)2-3-6(12-8)7(9)10/h2-3,7H,1H3. The van der Waals surface area contributed by atoms with Gasteiger partial charge in [0.25, 0.3) is 6.43 Å². The Morgan fingerprint density at radius 1 is 1.54 bits per heavy atom. The van der Waals surface area contributed by atoms with Gasteiger partial charge in [-0.1, -0.05) is 0 Å². The lowest BCUT2D eigenvalue weighted by atomic mass is 10.2. The summed E-state index contributed by atoms with van der Waals surface area (Å²) in [6.07, 6.45) is -2.65. The van der Waals surface area contributed by atoms with Crippen molar-refractivity contribution in [3.63, 3.8) is 0 Å². The molecule has 0 unspecified atom stereocenters. The molecule has 3 nitrogen and oxygen atoms in total. The number of rotatable bonds is 2. The maximum Gasteiger partial charge on any atom is 0.280 e. The maximum atomic E-state index is 12.1. The Balaban J connectivity index is 3.15. The zero-order valence-electron chi connectivity index (χ0n) is 6.79. The summed E-state index contributed by atoms with van der Waals surface area (Å²) in [7, 11) is 1.28. The van der Waals surface area contributed by atoms with Crippen molar-refractivity contribution in [2.45, 2.75) is 6.43 Å².